The Bertz CT molecular complexity index is 1210. The van der Waals surface area contributed by atoms with E-state index in [-0.39, 0.29) is 17.5 Å². The van der Waals surface area contributed by atoms with Crippen molar-refractivity contribution in [3.05, 3.63) is 45.2 Å². The number of nitrogens with zero attached hydrogens (tertiary/aromatic N) is 5. The van der Waals surface area contributed by atoms with E-state index in [2.05, 4.69) is 9.88 Å². The third-order valence-corrected chi connectivity index (χ3v) is 8.86. The average molecular weight is 484 g/mol. The molecule has 1 amide bonds. The molecule has 9 heteroatoms. The fraction of sp³-hybridized carbons (Fsp3) is 0.500. The number of hydrogen-bond donors (Lipinski definition) is 0. The number of aromatic nitrogens is 3. The number of fused-ring (bicyclic) bond motifs is 1. The van der Waals surface area contributed by atoms with Gasteiger partial charge in [0.15, 0.2) is 5.16 Å². The number of thiophene rings is 1. The molecule has 7 nitrogen and oxygen atoms in total. The number of aryl methyl sites for hydroxylation is 2. The lowest BCUT2D eigenvalue weighted by atomic mass is 10.2. The maximum Gasteiger partial charge on any atom is 0.263 e. The van der Waals surface area contributed by atoms with Gasteiger partial charge in [0.2, 0.25) is 5.91 Å². The minimum absolute atomic E-state index is 0.0627. The Balaban J connectivity index is 1.31. The normalized spacial score (nSPS) is 17.3. The van der Waals surface area contributed by atoms with E-state index in [0.29, 0.717) is 24.0 Å². The molecule has 3 aromatic heterocycles. The molecule has 0 N–H and O–H groups in total. The first-order chi connectivity index (χ1) is 16.0. The van der Waals surface area contributed by atoms with Gasteiger partial charge in [-0.1, -0.05) is 30.7 Å². The Hall–Kier alpha value is -2.39. The van der Waals surface area contributed by atoms with E-state index in [1.165, 1.54) is 11.8 Å². The number of carbonyl (C=O) groups is 1. The first-order valence-corrected chi connectivity index (χ1v) is 13.4. The van der Waals surface area contributed by atoms with Crippen molar-refractivity contribution in [3.8, 4) is 0 Å². The number of piperazine rings is 1. The van der Waals surface area contributed by atoms with Gasteiger partial charge >= 0.3 is 0 Å². The van der Waals surface area contributed by atoms with E-state index >= 15 is 0 Å². The fourth-order valence-electron chi connectivity index (χ4n) is 4.82. The van der Waals surface area contributed by atoms with E-state index in [1.54, 1.807) is 17.5 Å². The number of carbonyl (C=O) groups excluding carboxylic acids is 1. The zero-order valence-corrected chi connectivity index (χ0v) is 20.8. The smallest absolute Gasteiger partial charge is 0.263 e. The SMILES string of the molecule is Cc1sc2nc(SCC(=O)N3CCN(c4ccccn4)CC3)n(C3CCCC3)c(=O)c2c1C. The molecule has 174 valence electrons. The first kappa shape index (κ1) is 22.4. The summed E-state index contributed by atoms with van der Waals surface area (Å²) in [5, 5.41) is 1.45. The molecule has 4 heterocycles. The summed E-state index contributed by atoms with van der Waals surface area (Å²) in [5.74, 6) is 1.36. The second-order valence-electron chi connectivity index (χ2n) is 8.82. The zero-order valence-electron chi connectivity index (χ0n) is 19.1. The van der Waals surface area contributed by atoms with Crippen LogP contribution in [0.5, 0.6) is 0 Å². The highest BCUT2D eigenvalue weighted by atomic mass is 32.2. The van der Waals surface area contributed by atoms with Gasteiger partial charge in [-0.05, 0) is 44.4 Å². The Morgan fingerprint density at radius 2 is 1.91 bits per heavy atom. The monoisotopic (exact) mass is 483 g/mol. The van der Waals surface area contributed by atoms with Gasteiger partial charge in [0.1, 0.15) is 10.6 Å². The standard InChI is InChI=1S/C24H29N5O2S2/c1-16-17(2)33-22-21(16)23(31)29(18-7-3-4-8-18)24(26-22)32-15-20(30)28-13-11-27(12-14-28)19-9-5-6-10-25-19/h5-6,9-10,18H,3-4,7-8,11-15H2,1-2H3. The zero-order chi connectivity index (χ0) is 22.9. The molecule has 0 atom stereocenters. The maximum atomic E-state index is 13.5. The second-order valence-corrected chi connectivity index (χ2v) is 11.0. The fourth-order valence-corrected chi connectivity index (χ4v) is 6.86. The Morgan fingerprint density at radius 3 is 2.61 bits per heavy atom. The maximum absolute atomic E-state index is 13.5. The molecular weight excluding hydrogens is 454 g/mol. The van der Waals surface area contributed by atoms with Crippen molar-refractivity contribution in [2.75, 3.05) is 36.8 Å². The van der Waals surface area contributed by atoms with Crippen LogP contribution in [0.15, 0.2) is 34.3 Å². The molecule has 5 rings (SSSR count). The van der Waals surface area contributed by atoms with Crippen LogP contribution in [0.3, 0.4) is 0 Å². The summed E-state index contributed by atoms with van der Waals surface area (Å²) in [6, 6.07) is 6.09. The lowest BCUT2D eigenvalue weighted by molar-refractivity contribution is -0.128. The van der Waals surface area contributed by atoms with Gasteiger partial charge < -0.3 is 9.80 Å². The highest BCUT2D eigenvalue weighted by molar-refractivity contribution is 7.99. The number of hydrogen-bond acceptors (Lipinski definition) is 7. The molecule has 1 saturated heterocycles. The summed E-state index contributed by atoms with van der Waals surface area (Å²) >= 11 is 2.99. The van der Waals surface area contributed by atoms with Crippen molar-refractivity contribution in [1.82, 2.24) is 19.4 Å². The van der Waals surface area contributed by atoms with Crippen LogP contribution in [0.2, 0.25) is 0 Å². The third-order valence-electron chi connectivity index (χ3n) is 6.82. The Labute approximate surface area is 201 Å². The molecule has 0 aromatic carbocycles. The molecule has 1 aliphatic heterocycles. The van der Waals surface area contributed by atoms with Crippen LogP contribution < -0.4 is 10.5 Å². The minimum atomic E-state index is 0.0627. The van der Waals surface area contributed by atoms with E-state index in [4.69, 9.17) is 4.98 Å². The van der Waals surface area contributed by atoms with Gasteiger partial charge in [0, 0.05) is 43.3 Å². The molecule has 2 aliphatic rings. The Kier molecular flexibility index (Phi) is 6.42. The van der Waals surface area contributed by atoms with Crippen LogP contribution in [0.1, 0.15) is 42.2 Å². The minimum Gasteiger partial charge on any atom is -0.353 e. The quantitative estimate of drug-likeness (QED) is 0.403. The Morgan fingerprint density at radius 1 is 1.15 bits per heavy atom. The van der Waals surface area contributed by atoms with Crippen LogP contribution in [0.25, 0.3) is 10.2 Å². The van der Waals surface area contributed by atoms with Gasteiger partial charge in [-0.3, -0.25) is 14.2 Å². The molecule has 0 radical (unpaired) electrons. The van der Waals surface area contributed by atoms with Crippen LogP contribution in [0.4, 0.5) is 5.82 Å². The topological polar surface area (TPSA) is 71.3 Å². The van der Waals surface area contributed by atoms with Gasteiger partial charge in [-0.2, -0.15) is 0 Å². The summed E-state index contributed by atoms with van der Waals surface area (Å²) in [6.07, 6.45) is 6.09. The van der Waals surface area contributed by atoms with Gasteiger partial charge in [0.05, 0.1) is 11.1 Å². The second kappa shape index (κ2) is 9.46. The summed E-state index contributed by atoms with van der Waals surface area (Å²) in [4.78, 5) is 41.9. The van der Waals surface area contributed by atoms with Crippen LogP contribution in [0, 0.1) is 13.8 Å². The summed E-state index contributed by atoms with van der Waals surface area (Å²) < 4.78 is 1.89. The van der Waals surface area contributed by atoms with Crippen molar-refractivity contribution >= 4 is 45.0 Å². The van der Waals surface area contributed by atoms with Crippen LogP contribution >= 0.6 is 23.1 Å². The van der Waals surface area contributed by atoms with Crippen molar-refractivity contribution in [2.45, 2.75) is 50.7 Å². The number of anilines is 1. The number of thioether (sulfide) groups is 1. The van der Waals surface area contributed by atoms with E-state index in [9.17, 15) is 9.59 Å². The van der Waals surface area contributed by atoms with Gasteiger partial charge in [0.25, 0.3) is 5.56 Å². The van der Waals surface area contributed by atoms with Gasteiger partial charge in [-0.25, -0.2) is 9.97 Å². The number of amides is 1. The number of rotatable bonds is 5. The van der Waals surface area contributed by atoms with E-state index < -0.39 is 0 Å². The predicted molar refractivity (Wildman–Crippen MR) is 135 cm³/mol. The molecular formula is C24H29N5O2S2. The molecule has 0 bridgehead atoms. The van der Waals surface area contributed by atoms with Crippen LogP contribution in [-0.4, -0.2) is 57.3 Å². The molecule has 0 unspecified atom stereocenters. The third kappa shape index (κ3) is 4.40. The highest BCUT2D eigenvalue weighted by Gasteiger charge is 2.27. The molecule has 0 spiro atoms. The molecule has 2 fully saturated rings. The van der Waals surface area contributed by atoms with Crippen LogP contribution in [-0.2, 0) is 4.79 Å². The summed E-state index contributed by atoms with van der Waals surface area (Å²) in [6.45, 7) is 6.97. The van der Waals surface area contributed by atoms with E-state index in [0.717, 1.165) is 65.2 Å². The summed E-state index contributed by atoms with van der Waals surface area (Å²) in [7, 11) is 0. The molecule has 1 aliphatic carbocycles. The average Bonchev–Trinajstić information content (AvgIpc) is 3.46. The highest BCUT2D eigenvalue weighted by Crippen LogP contribution is 2.34. The molecule has 1 saturated carbocycles. The van der Waals surface area contributed by atoms with Gasteiger partial charge in [-0.15, -0.1) is 11.3 Å². The van der Waals surface area contributed by atoms with E-state index in [1.807, 2.05) is 41.5 Å². The van der Waals surface area contributed by atoms with Crippen molar-refractivity contribution in [1.29, 1.82) is 0 Å². The first-order valence-electron chi connectivity index (χ1n) is 11.6. The largest absolute Gasteiger partial charge is 0.353 e. The lowest BCUT2D eigenvalue weighted by Crippen LogP contribution is -2.49. The number of pyridine rings is 1. The van der Waals surface area contributed by atoms with Crippen molar-refractivity contribution < 1.29 is 4.79 Å². The predicted octanol–water partition coefficient (Wildman–Crippen LogP) is 4.03. The molecule has 33 heavy (non-hydrogen) atoms. The molecule has 3 aromatic rings. The van der Waals surface area contributed by atoms with Crippen molar-refractivity contribution in [2.24, 2.45) is 0 Å². The summed E-state index contributed by atoms with van der Waals surface area (Å²) in [5.41, 5.74) is 1.10. The lowest BCUT2D eigenvalue weighted by Gasteiger charge is -2.35. The van der Waals surface area contributed by atoms with Crippen molar-refractivity contribution in [3.63, 3.8) is 0 Å².